The van der Waals surface area contributed by atoms with Gasteiger partial charge < -0.3 is 5.32 Å². The number of thioether (sulfide) groups is 1. The highest BCUT2D eigenvalue weighted by Gasteiger charge is 2.39. The summed E-state index contributed by atoms with van der Waals surface area (Å²) in [5.41, 5.74) is 3.10. The Morgan fingerprint density at radius 2 is 1.53 bits per heavy atom. The van der Waals surface area contributed by atoms with Crippen LogP contribution in [-0.4, -0.2) is 16.7 Å². The van der Waals surface area contributed by atoms with Crippen LogP contribution in [0.25, 0.3) is 0 Å². The fourth-order valence-electron chi connectivity index (χ4n) is 3.07. The molecule has 0 bridgehead atoms. The van der Waals surface area contributed by atoms with Crippen LogP contribution in [0.3, 0.4) is 0 Å². The Morgan fingerprint density at radius 1 is 0.867 bits per heavy atom. The van der Waals surface area contributed by atoms with Gasteiger partial charge >= 0.3 is 0 Å². The number of benzene rings is 3. The molecule has 3 aromatic rings. The van der Waals surface area contributed by atoms with E-state index in [4.69, 9.17) is 0 Å². The number of nitrogens with one attached hydrogen (secondary N) is 1. The lowest BCUT2D eigenvalue weighted by Crippen LogP contribution is -2.31. The largest absolute Gasteiger partial charge is 0.350 e. The summed E-state index contributed by atoms with van der Waals surface area (Å²) in [6.45, 7) is 2.25. The van der Waals surface area contributed by atoms with Gasteiger partial charge in [-0.1, -0.05) is 75.7 Å². The fourth-order valence-corrected chi connectivity index (χ4v) is 4.28. The quantitative estimate of drug-likeness (QED) is 0.458. The van der Waals surface area contributed by atoms with E-state index < -0.39 is 0 Å². The molecule has 0 unspecified atom stereocenters. The van der Waals surface area contributed by atoms with E-state index in [9.17, 15) is 9.59 Å². The van der Waals surface area contributed by atoms with Crippen molar-refractivity contribution in [1.29, 1.82) is 0 Å². The van der Waals surface area contributed by atoms with Gasteiger partial charge in [-0.2, -0.15) is 0 Å². The van der Waals surface area contributed by atoms with Crippen molar-refractivity contribution < 1.29 is 9.59 Å². The lowest BCUT2D eigenvalue weighted by atomic mass is 10.2. The van der Waals surface area contributed by atoms with E-state index in [0.29, 0.717) is 10.6 Å². The smallest absolute Gasteiger partial charge is 0.278 e. The number of halogens is 1. The Morgan fingerprint density at radius 3 is 2.20 bits per heavy atom. The summed E-state index contributed by atoms with van der Waals surface area (Å²) in [4.78, 5) is 29.0. The van der Waals surface area contributed by atoms with E-state index in [1.165, 1.54) is 16.7 Å². The van der Waals surface area contributed by atoms with Crippen LogP contribution in [0, 0.1) is 6.92 Å². The van der Waals surface area contributed by atoms with Crippen LogP contribution in [0.5, 0.6) is 0 Å². The minimum absolute atomic E-state index is 0.238. The number of anilines is 1. The van der Waals surface area contributed by atoms with E-state index >= 15 is 0 Å². The van der Waals surface area contributed by atoms with E-state index in [1.807, 2.05) is 85.8 Å². The van der Waals surface area contributed by atoms with Gasteiger partial charge in [-0.25, -0.2) is 0 Å². The molecule has 0 atom stereocenters. The second-order valence-corrected chi connectivity index (χ2v) is 8.93. The maximum atomic E-state index is 13.2. The zero-order chi connectivity index (χ0) is 21.1. The summed E-state index contributed by atoms with van der Waals surface area (Å²) >= 11 is 4.73. The molecule has 0 aromatic heterocycles. The number of hydrogen-bond acceptors (Lipinski definition) is 4. The Bertz CT molecular complexity index is 1040. The minimum Gasteiger partial charge on any atom is -0.350 e. The Labute approximate surface area is 188 Å². The third-order valence-corrected chi connectivity index (χ3v) is 6.28. The Balaban J connectivity index is 1.67. The maximum absolute atomic E-state index is 13.2. The van der Waals surface area contributed by atoms with E-state index in [2.05, 4.69) is 21.2 Å². The van der Waals surface area contributed by atoms with Gasteiger partial charge in [-0.05, 0) is 48.9 Å². The van der Waals surface area contributed by atoms with Crippen molar-refractivity contribution in [2.24, 2.45) is 0 Å². The number of aryl methyl sites for hydroxylation is 1. The van der Waals surface area contributed by atoms with Gasteiger partial charge in [0.2, 0.25) is 0 Å². The molecule has 6 heteroatoms. The maximum Gasteiger partial charge on any atom is 0.278 e. The average Bonchev–Trinajstić information content (AvgIpc) is 2.96. The van der Waals surface area contributed by atoms with E-state index in [-0.39, 0.29) is 18.4 Å². The molecule has 0 spiro atoms. The second kappa shape index (κ2) is 8.90. The molecule has 0 aliphatic carbocycles. The van der Waals surface area contributed by atoms with Gasteiger partial charge in [0.25, 0.3) is 11.8 Å². The number of rotatable bonds is 6. The van der Waals surface area contributed by atoms with Crippen molar-refractivity contribution >= 4 is 45.2 Å². The molecule has 4 rings (SSSR count). The van der Waals surface area contributed by atoms with Crippen molar-refractivity contribution in [2.45, 2.75) is 18.4 Å². The molecule has 0 saturated heterocycles. The predicted molar refractivity (Wildman–Crippen MR) is 124 cm³/mol. The molecule has 1 aliphatic rings. The molecule has 0 fully saturated rings. The van der Waals surface area contributed by atoms with Crippen LogP contribution in [0.15, 0.2) is 98.8 Å². The van der Waals surface area contributed by atoms with E-state index in [0.717, 1.165) is 26.2 Å². The topological polar surface area (TPSA) is 49.4 Å². The summed E-state index contributed by atoms with van der Waals surface area (Å²) in [6, 6.07) is 24.9. The first kappa shape index (κ1) is 20.4. The third-order valence-electron chi connectivity index (χ3n) is 4.66. The normalized spacial score (nSPS) is 13.9. The highest BCUT2D eigenvalue weighted by Crippen LogP contribution is 2.36. The van der Waals surface area contributed by atoms with Gasteiger partial charge in [-0.15, -0.1) is 0 Å². The molecular formula is C24H19BrN2O2S. The molecule has 1 N–H and O–H groups in total. The van der Waals surface area contributed by atoms with Gasteiger partial charge in [0.15, 0.2) is 0 Å². The summed E-state index contributed by atoms with van der Waals surface area (Å²) in [6.07, 6.45) is 0. The summed E-state index contributed by atoms with van der Waals surface area (Å²) in [5.74, 6) is -0.601. The van der Waals surface area contributed by atoms with Crippen LogP contribution in [0.4, 0.5) is 5.69 Å². The SMILES string of the molecule is Cc1ccc(SC2=C(Nc3ccc(Br)cc3)C(=O)N(Cc3ccccc3)C2=O)cc1. The second-order valence-electron chi connectivity index (χ2n) is 6.93. The van der Waals surface area contributed by atoms with Crippen LogP contribution in [0.1, 0.15) is 11.1 Å². The summed E-state index contributed by atoms with van der Waals surface area (Å²) in [7, 11) is 0. The lowest BCUT2D eigenvalue weighted by molar-refractivity contribution is -0.137. The molecule has 0 radical (unpaired) electrons. The molecule has 1 heterocycles. The zero-order valence-electron chi connectivity index (χ0n) is 16.3. The van der Waals surface area contributed by atoms with Crippen LogP contribution in [0.2, 0.25) is 0 Å². The zero-order valence-corrected chi connectivity index (χ0v) is 18.7. The number of hydrogen-bond donors (Lipinski definition) is 1. The van der Waals surface area contributed by atoms with Crippen molar-refractivity contribution in [1.82, 2.24) is 4.90 Å². The van der Waals surface area contributed by atoms with E-state index in [1.54, 1.807) is 0 Å². The first-order chi connectivity index (χ1) is 14.5. The van der Waals surface area contributed by atoms with Crippen LogP contribution < -0.4 is 5.32 Å². The molecule has 30 heavy (non-hydrogen) atoms. The van der Waals surface area contributed by atoms with Crippen LogP contribution >= 0.6 is 27.7 Å². The van der Waals surface area contributed by atoms with Crippen molar-refractivity contribution in [3.05, 3.63) is 105 Å². The molecule has 3 aromatic carbocycles. The number of nitrogens with zero attached hydrogens (tertiary/aromatic N) is 1. The minimum atomic E-state index is -0.318. The van der Waals surface area contributed by atoms with Gasteiger partial charge in [0, 0.05) is 15.1 Å². The molecule has 2 amide bonds. The van der Waals surface area contributed by atoms with Gasteiger partial charge in [0.1, 0.15) is 10.6 Å². The first-order valence-electron chi connectivity index (χ1n) is 9.43. The average molecular weight is 479 g/mol. The third kappa shape index (κ3) is 4.50. The highest BCUT2D eigenvalue weighted by molar-refractivity contribution is 9.10. The molecule has 150 valence electrons. The standard InChI is InChI=1S/C24H19BrN2O2S/c1-16-7-13-20(14-8-16)30-22-21(26-19-11-9-18(25)10-12-19)23(28)27(24(22)29)15-17-5-3-2-4-6-17/h2-14,26H,15H2,1H3. The fraction of sp³-hybridized carbons (Fsp3) is 0.0833. The predicted octanol–water partition coefficient (Wildman–Crippen LogP) is 5.74. The monoisotopic (exact) mass is 478 g/mol. The Kier molecular flexibility index (Phi) is 6.06. The van der Waals surface area contributed by atoms with Gasteiger partial charge in [-0.3, -0.25) is 14.5 Å². The van der Waals surface area contributed by atoms with Crippen LogP contribution in [-0.2, 0) is 16.1 Å². The first-order valence-corrected chi connectivity index (χ1v) is 11.0. The van der Waals surface area contributed by atoms with Crippen molar-refractivity contribution in [3.8, 4) is 0 Å². The number of imide groups is 1. The molecule has 1 aliphatic heterocycles. The molecule has 0 saturated carbocycles. The van der Waals surface area contributed by atoms with Gasteiger partial charge in [0.05, 0.1) is 6.54 Å². The summed E-state index contributed by atoms with van der Waals surface area (Å²) in [5, 5.41) is 3.17. The van der Waals surface area contributed by atoms with Crippen molar-refractivity contribution in [2.75, 3.05) is 5.32 Å². The summed E-state index contributed by atoms with van der Waals surface area (Å²) < 4.78 is 0.941. The molecular weight excluding hydrogens is 460 g/mol. The number of carbonyl (C=O) groups excluding carboxylic acids is 2. The Hall–Kier alpha value is -2.83. The molecule has 4 nitrogen and oxygen atoms in total. The van der Waals surface area contributed by atoms with Crippen molar-refractivity contribution in [3.63, 3.8) is 0 Å². The number of amides is 2. The number of carbonyl (C=O) groups is 2. The lowest BCUT2D eigenvalue weighted by Gasteiger charge is -2.15. The highest BCUT2D eigenvalue weighted by atomic mass is 79.9.